The highest BCUT2D eigenvalue weighted by molar-refractivity contribution is 6.15. The van der Waals surface area contributed by atoms with Crippen LogP contribution in [0.4, 0.5) is 0 Å². The first-order valence-corrected chi connectivity index (χ1v) is 17.5. The van der Waals surface area contributed by atoms with Crippen molar-refractivity contribution in [3.63, 3.8) is 0 Å². The zero-order valence-electron chi connectivity index (χ0n) is 46.0. The normalized spacial score (nSPS) is 16.0. The van der Waals surface area contributed by atoms with Gasteiger partial charge in [0.25, 0.3) is 0 Å². The molecule has 8 aromatic carbocycles. The Balaban J connectivity index is 1.10. The molecule has 0 N–H and O–H groups in total. The highest BCUT2D eigenvalue weighted by Gasteiger charge is 2.21. The third-order valence-electron chi connectivity index (χ3n) is 9.84. The van der Waals surface area contributed by atoms with Gasteiger partial charge >= 0.3 is 0 Å². The monoisotopic (exact) mass is 748 g/mol. The Hall–Kier alpha value is -7.83. The fourth-order valence-corrected chi connectivity index (χ4v) is 7.30. The lowest BCUT2D eigenvalue weighted by Crippen LogP contribution is -2.00. The Kier molecular flexibility index (Phi) is 4.15. The van der Waals surface area contributed by atoms with Crippen molar-refractivity contribution in [3.05, 3.63) is 176 Å². The molecule has 0 spiro atoms. The van der Waals surface area contributed by atoms with E-state index in [1.165, 1.54) is 0 Å². The Morgan fingerprint density at radius 2 is 0.965 bits per heavy atom. The minimum Gasteiger partial charge on any atom is -0.455 e. The summed E-state index contributed by atoms with van der Waals surface area (Å²) >= 11 is 0. The van der Waals surface area contributed by atoms with Crippen LogP contribution in [0.2, 0.25) is 0 Å². The maximum Gasteiger partial charge on any atom is 0.167 e. The van der Waals surface area contributed by atoms with Crippen LogP contribution in [-0.4, -0.2) is 15.0 Å². The number of furan rings is 3. The number of hydrogen-bond acceptors (Lipinski definition) is 6. The van der Waals surface area contributed by atoms with E-state index in [0.717, 1.165) is 0 Å². The van der Waals surface area contributed by atoms with Gasteiger partial charge in [-0.25, -0.2) is 15.0 Å². The molecule has 0 unspecified atom stereocenters. The molecule has 4 aromatic heterocycles. The molecule has 0 aliphatic carbocycles. The predicted molar refractivity (Wildman–Crippen MR) is 229 cm³/mol. The van der Waals surface area contributed by atoms with Crippen molar-refractivity contribution in [1.82, 2.24) is 15.0 Å². The summed E-state index contributed by atoms with van der Waals surface area (Å²) in [6, 6.07) is 11.2. The van der Waals surface area contributed by atoms with Gasteiger partial charge in [0, 0.05) is 54.6 Å². The van der Waals surface area contributed by atoms with Crippen LogP contribution in [0, 0.1) is 0 Å². The molecule has 57 heavy (non-hydrogen) atoms. The molecule has 6 nitrogen and oxygen atoms in total. The number of nitrogens with zero attached hydrogens (tertiary/aromatic N) is 3. The van der Waals surface area contributed by atoms with Crippen LogP contribution in [0.15, 0.2) is 189 Å². The lowest BCUT2D eigenvalue weighted by Gasteiger charge is -2.09. The fraction of sp³-hybridized carbons (Fsp3) is 0. The molecular formula is C51H29N3O3. The van der Waals surface area contributed by atoms with Crippen LogP contribution in [0.25, 0.3) is 122 Å². The molecule has 4 heterocycles. The van der Waals surface area contributed by atoms with Crippen molar-refractivity contribution in [3.8, 4) is 56.4 Å². The van der Waals surface area contributed by atoms with Gasteiger partial charge in [-0.05, 0) is 53.6 Å². The molecule has 12 rings (SSSR count). The number of aromatic nitrogens is 3. The van der Waals surface area contributed by atoms with Crippen LogP contribution < -0.4 is 0 Å². The summed E-state index contributed by atoms with van der Waals surface area (Å²) in [7, 11) is 0. The van der Waals surface area contributed by atoms with Crippen molar-refractivity contribution in [2.24, 2.45) is 0 Å². The lowest BCUT2D eigenvalue weighted by atomic mass is 9.94. The van der Waals surface area contributed by atoms with E-state index >= 15 is 0 Å². The Bertz CT molecular complexity index is 4400. The van der Waals surface area contributed by atoms with Crippen molar-refractivity contribution in [2.75, 3.05) is 0 Å². The smallest absolute Gasteiger partial charge is 0.167 e. The van der Waals surface area contributed by atoms with E-state index in [4.69, 9.17) is 35.2 Å². The van der Waals surface area contributed by atoms with Crippen molar-refractivity contribution in [2.45, 2.75) is 0 Å². The molecule has 0 amide bonds. The van der Waals surface area contributed by atoms with Crippen molar-refractivity contribution >= 4 is 65.8 Å². The summed E-state index contributed by atoms with van der Waals surface area (Å²) in [4.78, 5) is 13.6. The summed E-state index contributed by atoms with van der Waals surface area (Å²) in [5.74, 6) is -1.06. The molecule has 6 heteroatoms. The molecule has 266 valence electrons. The summed E-state index contributed by atoms with van der Waals surface area (Å²) < 4.78 is 165. The highest BCUT2D eigenvalue weighted by Crippen LogP contribution is 2.44. The van der Waals surface area contributed by atoms with Crippen LogP contribution in [0.5, 0.6) is 0 Å². The van der Waals surface area contributed by atoms with Crippen molar-refractivity contribution in [1.29, 1.82) is 0 Å². The van der Waals surface area contributed by atoms with Crippen LogP contribution in [-0.2, 0) is 0 Å². The van der Waals surface area contributed by atoms with E-state index in [2.05, 4.69) is 15.0 Å². The first kappa shape index (κ1) is 19.2. The minimum absolute atomic E-state index is 0.0414. The maximum atomic E-state index is 9.24. The maximum absolute atomic E-state index is 9.24. The average Bonchev–Trinajstić information content (AvgIpc) is 4.11. The fourth-order valence-electron chi connectivity index (χ4n) is 7.30. The Morgan fingerprint density at radius 1 is 0.333 bits per heavy atom. The van der Waals surface area contributed by atoms with Gasteiger partial charge in [0.1, 0.15) is 33.5 Å². The first-order valence-electron chi connectivity index (χ1n) is 26.0. The molecule has 0 aliphatic rings. The van der Waals surface area contributed by atoms with Gasteiger partial charge in [0.05, 0.1) is 28.9 Å². The number of para-hydroxylation sites is 4. The summed E-state index contributed by atoms with van der Waals surface area (Å²) in [6.45, 7) is 0. The van der Waals surface area contributed by atoms with Gasteiger partial charge in [-0.3, -0.25) is 0 Å². The standard InChI is InChI=1S/C51H29N3O3/c1-3-13-30(14-4-1)49-52-50(31-15-5-2-6-16-31)54-51(53-49)40-22-12-21-39-37-26-25-32(29-45(37)57-47(39)40)41-27-33(28-42-36-18-8-10-24-44(36)56-48(41)42)34-19-11-20-38-35-17-7-9-23-43(35)55-46(34)38/h1-29H/i1D,2D,3D,4D,5D,6D,7D,9D,11D,13D,14D,15D,16D,17D,19D,20D,23D. The molecule has 0 saturated heterocycles. The Morgan fingerprint density at radius 3 is 1.79 bits per heavy atom. The van der Waals surface area contributed by atoms with E-state index in [9.17, 15) is 1.37 Å². The van der Waals surface area contributed by atoms with Crippen LogP contribution >= 0.6 is 0 Å². The second-order valence-corrected chi connectivity index (χ2v) is 13.1. The quantitative estimate of drug-likeness (QED) is 0.174. The minimum atomic E-state index is -0.681. The average molecular weight is 749 g/mol. The van der Waals surface area contributed by atoms with Gasteiger partial charge < -0.3 is 13.3 Å². The van der Waals surface area contributed by atoms with Crippen LogP contribution in [0.1, 0.15) is 23.3 Å². The molecule has 0 fully saturated rings. The number of fused-ring (bicyclic) bond motifs is 9. The van der Waals surface area contributed by atoms with E-state index in [-0.39, 0.29) is 50.5 Å². The molecule has 12 aromatic rings. The number of rotatable bonds is 5. The summed E-state index contributed by atoms with van der Waals surface area (Å²) in [6.07, 6.45) is 0. The largest absolute Gasteiger partial charge is 0.455 e. The molecule has 0 bridgehead atoms. The van der Waals surface area contributed by atoms with E-state index < -0.39 is 119 Å². The molecular weight excluding hydrogens is 703 g/mol. The van der Waals surface area contributed by atoms with Crippen LogP contribution in [0.3, 0.4) is 0 Å². The van der Waals surface area contributed by atoms with E-state index in [1.807, 2.05) is 24.3 Å². The predicted octanol–water partition coefficient (Wildman–Crippen LogP) is 13.9. The third-order valence-corrected chi connectivity index (χ3v) is 9.84. The number of hydrogen-bond donors (Lipinski definition) is 0. The topological polar surface area (TPSA) is 78.1 Å². The second kappa shape index (κ2) is 12.3. The Labute approximate surface area is 349 Å². The molecule has 0 atom stereocenters. The SMILES string of the molecule is [2H]c1c([2H])c([2H])c(-c2nc(-c3c([2H])c([2H])c([2H])c([2H])c3[2H])nc(-c3cccc4c3oc3cc(-c5cc(-c6c([2H])c([2H])c([2H])c7c6oc6c([2H])c([2H])c([2H])c([2H])c67)cc6c5oc5ccccc56)ccc34)n2)c([2H])c1[2H]. The van der Waals surface area contributed by atoms with Crippen molar-refractivity contribution < 1.29 is 36.6 Å². The van der Waals surface area contributed by atoms with Gasteiger partial charge in [-0.15, -0.1) is 0 Å². The summed E-state index contributed by atoms with van der Waals surface area (Å²) in [5.41, 5.74) is 2.05. The second-order valence-electron chi connectivity index (χ2n) is 13.1. The zero-order chi connectivity index (χ0) is 52.2. The molecule has 0 aliphatic heterocycles. The van der Waals surface area contributed by atoms with Gasteiger partial charge in [-0.2, -0.15) is 0 Å². The highest BCUT2D eigenvalue weighted by atomic mass is 16.3. The lowest BCUT2D eigenvalue weighted by molar-refractivity contribution is 0.668. The van der Waals surface area contributed by atoms with E-state index in [0.29, 0.717) is 55.0 Å². The molecule has 0 saturated carbocycles. The van der Waals surface area contributed by atoms with Gasteiger partial charge in [-0.1, -0.05) is 133 Å². The number of benzene rings is 8. The van der Waals surface area contributed by atoms with Gasteiger partial charge in [0.2, 0.25) is 0 Å². The summed E-state index contributed by atoms with van der Waals surface area (Å²) in [5, 5.41) is 2.35. The third kappa shape index (κ3) is 5.01. The van der Waals surface area contributed by atoms with Gasteiger partial charge in [0.15, 0.2) is 17.5 Å². The zero-order valence-corrected chi connectivity index (χ0v) is 29.0. The van der Waals surface area contributed by atoms with E-state index in [1.54, 1.807) is 48.5 Å². The first-order chi connectivity index (χ1) is 35.3. The molecule has 0 radical (unpaired) electrons.